The Kier molecular flexibility index (Phi) is 45.4. The fourth-order valence-electron chi connectivity index (χ4n) is 7.01. The maximum atomic E-state index is 12.4. The lowest BCUT2D eigenvalue weighted by Crippen LogP contribution is -2.45. The van der Waals surface area contributed by atoms with Crippen molar-refractivity contribution < 1.29 is 15.0 Å². The van der Waals surface area contributed by atoms with Crippen molar-refractivity contribution in [2.75, 3.05) is 6.61 Å². The Balaban J connectivity index is 3.62. The van der Waals surface area contributed by atoms with Crippen molar-refractivity contribution in [1.82, 2.24) is 5.32 Å². The average Bonchev–Trinajstić information content (AvgIpc) is 3.20. The van der Waals surface area contributed by atoms with Gasteiger partial charge < -0.3 is 15.5 Å². The predicted octanol–water partition coefficient (Wildman–Crippen LogP) is 15.5. The van der Waals surface area contributed by atoms with Gasteiger partial charge in [-0.05, 0) is 70.6 Å². The maximum absolute atomic E-state index is 12.4. The summed E-state index contributed by atoms with van der Waals surface area (Å²) in [7, 11) is 0. The molecule has 4 nitrogen and oxygen atoms in total. The standard InChI is InChI=1S/C52H93NO3/c1-3-5-7-9-11-13-15-17-19-21-23-25-26-28-29-31-33-35-37-39-41-43-45-47-51(55)50(49-54)53-52(56)48-46-44-42-40-38-36-34-32-30-27-24-22-20-18-16-14-12-10-8-6-4-2/h6,8,12,14,18,20,24,27,37,39,45,47,50-51,54-55H,3-5,7,9-11,13,15-17,19,21-23,25-26,28-36,38,40-44,46,48-49H2,1-2H3,(H,53,56)/b8-6-,14-12-,20-18-,27-24-,39-37+,47-45+. The van der Waals surface area contributed by atoms with Crippen LogP contribution in [0.5, 0.6) is 0 Å². The summed E-state index contributed by atoms with van der Waals surface area (Å²) in [4.78, 5) is 12.4. The maximum Gasteiger partial charge on any atom is 0.220 e. The van der Waals surface area contributed by atoms with E-state index in [1.54, 1.807) is 6.08 Å². The van der Waals surface area contributed by atoms with E-state index in [0.717, 1.165) is 64.2 Å². The van der Waals surface area contributed by atoms with Gasteiger partial charge in [0.2, 0.25) is 5.91 Å². The molecular formula is C52H93NO3. The van der Waals surface area contributed by atoms with Crippen LogP contribution < -0.4 is 5.32 Å². The van der Waals surface area contributed by atoms with Crippen molar-refractivity contribution in [3.63, 3.8) is 0 Å². The molecule has 56 heavy (non-hydrogen) atoms. The largest absolute Gasteiger partial charge is 0.394 e. The van der Waals surface area contributed by atoms with E-state index in [-0.39, 0.29) is 12.5 Å². The summed E-state index contributed by atoms with van der Waals surface area (Å²) in [6.07, 6.45) is 67.4. The summed E-state index contributed by atoms with van der Waals surface area (Å²) in [6, 6.07) is -0.648. The van der Waals surface area contributed by atoms with Crippen molar-refractivity contribution >= 4 is 5.91 Å². The first-order valence-electron chi connectivity index (χ1n) is 24.2. The molecule has 4 heteroatoms. The first kappa shape index (κ1) is 53.8. The van der Waals surface area contributed by atoms with E-state index in [1.165, 1.54) is 148 Å². The Bertz CT molecular complexity index is 977. The van der Waals surface area contributed by atoms with Gasteiger partial charge in [-0.2, -0.15) is 0 Å². The molecule has 0 spiro atoms. The highest BCUT2D eigenvalue weighted by molar-refractivity contribution is 5.76. The van der Waals surface area contributed by atoms with Gasteiger partial charge in [0.05, 0.1) is 18.8 Å². The van der Waals surface area contributed by atoms with Crippen molar-refractivity contribution in [3.8, 4) is 0 Å². The summed E-state index contributed by atoms with van der Waals surface area (Å²) in [5.74, 6) is -0.0837. The summed E-state index contributed by atoms with van der Waals surface area (Å²) in [5.41, 5.74) is 0. The number of carbonyl (C=O) groups is 1. The lowest BCUT2D eigenvalue weighted by Gasteiger charge is -2.19. The highest BCUT2D eigenvalue weighted by atomic mass is 16.3. The van der Waals surface area contributed by atoms with Crippen LogP contribution in [0.15, 0.2) is 72.9 Å². The van der Waals surface area contributed by atoms with E-state index in [4.69, 9.17) is 0 Å². The number of nitrogens with one attached hydrogen (secondary N) is 1. The Labute approximate surface area is 349 Å². The highest BCUT2D eigenvalue weighted by Crippen LogP contribution is 2.15. The molecule has 0 aliphatic rings. The van der Waals surface area contributed by atoms with Gasteiger partial charge in [-0.3, -0.25) is 4.79 Å². The lowest BCUT2D eigenvalue weighted by atomic mass is 10.0. The third-order valence-corrected chi connectivity index (χ3v) is 10.7. The molecule has 0 saturated carbocycles. The Morgan fingerprint density at radius 2 is 0.804 bits per heavy atom. The van der Waals surface area contributed by atoms with E-state index in [0.29, 0.717) is 6.42 Å². The Morgan fingerprint density at radius 3 is 1.25 bits per heavy atom. The molecule has 0 aromatic rings. The molecule has 0 aliphatic heterocycles. The lowest BCUT2D eigenvalue weighted by molar-refractivity contribution is -0.123. The van der Waals surface area contributed by atoms with Crippen LogP contribution in [0.4, 0.5) is 0 Å². The number of hydrogen-bond acceptors (Lipinski definition) is 3. The number of carbonyl (C=O) groups excluding carboxylic acids is 1. The second-order valence-electron chi connectivity index (χ2n) is 16.1. The molecule has 2 atom stereocenters. The fourth-order valence-corrected chi connectivity index (χ4v) is 7.01. The summed E-state index contributed by atoms with van der Waals surface area (Å²) >= 11 is 0. The van der Waals surface area contributed by atoms with Crippen LogP contribution in [-0.4, -0.2) is 34.9 Å². The minimum atomic E-state index is -0.870. The summed E-state index contributed by atoms with van der Waals surface area (Å²) < 4.78 is 0. The molecule has 0 heterocycles. The SMILES string of the molecule is CC/C=C\C/C=C\C/C=C\C/C=C\CCCCCCCCCCC(=O)NC(CO)C(O)/C=C/CC/C=C/CCCCCCCCCCCCCCCCCCC. The molecule has 324 valence electrons. The second kappa shape index (κ2) is 47.2. The van der Waals surface area contributed by atoms with Crippen LogP contribution in [-0.2, 0) is 4.79 Å². The topological polar surface area (TPSA) is 69.6 Å². The van der Waals surface area contributed by atoms with Gasteiger partial charge >= 0.3 is 0 Å². The zero-order chi connectivity index (χ0) is 40.7. The van der Waals surface area contributed by atoms with E-state index in [1.807, 2.05) is 6.08 Å². The minimum absolute atomic E-state index is 0.0837. The normalized spacial score (nSPS) is 13.6. The second-order valence-corrected chi connectivity index (χ2v) is 16.1. The quantitative estimate of drug-likeness (QED) is 0.0426. The van der Waals surface area contributed by atoms with Crippen molar-refractivity contribution in [3.05, 3.63) is 72.9 Å². The van der Waals surface area contributed by atoms with E-state index < -0.39 is 12.1 Å². The number of aliphatic hydroxyl groups is 2. The van der Waals surface area contributed by atoms with Crippen molar-refractivity contribution in [1.29, 1.82) is 0 Å². The molecule has 1 amide bonds. The molecular weight excluding hydrogens is 687 g/mol. The van der Waals surface area contributed by atoms with Crippen molar-refractivity contribution in [2.45, 2.75) is 244 Å². The van der Waals surface area contributed by atoms with Crippen LogP contribution in [0.25, 0.3) is 0 Å². The molecule has 0 radical (unpaired) electrons. The van der Waals surface area contributed by atoms with Gasteiger partial charge in [0, 0.05) is 6.42 Å². The van der Waals surface area contributed by atoms with Gasteiger partial charge in [0.15, 0.2) is 0 Å². The molecule has 0 aromatic carbocycles. The van der Waals surface area contributed by atoms with E-state index >= 15 is 0 Å². The number of rotatable bonds is 43. The van der Waals surface area contributed by atoms with Crippen LogP contribution in [0, 0.1) is 0 Å². The molecule has 0 rings (SSSR count). The van der Waals surface area contributed by atoms with Crippen LogP contribution >= 0.6 is 0 Å². The fraction of sp³-hybridized carbons (Fsp3) is 0.750. The monoisotopic (exact) mass is 780 g/mol. The first-order valence-corrected chi connectivity index (χ1v) is 24.2. The Morgan fingerprint density at radius 1 is 0.446 bits per heavy atom. The van der Waals surface area contributed by atoms with E-state index in [2.05, 4.69) is 79.9 Å². The first-order chi connectivity index (χ1) is 27.7. The molecule has 3 N–H and O–H groups in total. The van der Waals surface area contributed by atoms with Crippen molar-refractivity contribution in [2.24, 2.45) is 0 Å². The third kappa shape index (κ3) is 43.0. The minimum Gasteiger partial charge on any atom is -0.394 e. The van der Waals surface area contributed by atoms with Gasteiger partial charge in [0.25, 0.3) is 0 Å². The van der Waals surface area contributed by atoms with E-state index in [9.17, 15) is 15.0 Å². The highest BCUT2D eigenvalue weighted by Gasteiger charge is 2.17. The van der Waals surface area contributed by atoms with Crippen LogP contribution in [0.1, 0.15) is 232 Å². The molecule has 0 bridgehead atoms. The van der Waals surface area contributed by atoms with Gasteiger partial charge in [-0.15, -0.1) is 0 Å². The molecule has 0 saturated heterocycles. The zero-order valence-corrected chi connectivity index (χ0v) is 37.1. The number of hydrogen-bond donors (Lipinski definition) is 3. The number of amides is 1. The van der Waals surface area contributed by atoms with Gasteiger partial charge in [0.1, 0.15) is 0 Å². The summed E-state index contributed by atoms with van der Waals surface area (Å²) in [6.45, 7) is 4.19. The van der Waals surface area contributed by atoms with Gasteiger partial charge in [-0.25, -0.2) is 0 Å². The average molecular weight is 780 g/mol. The number of aliphatic hydroxyl groups excluding tert-OH is 2. The zero-order valence-electron chi connectivity index (χ0n) is 37.1. The number of allylic oxidation sites excluding steroid dienone is 11. The van der Waals surface area contributed by atoms with Gasteiger partial charge in [-0.1, -0.05) is 228 Å². The van der Waals surface area contributed by atoms with Crippen LogP contribution in [0.3, 0.4) is 0 Å². The molecule has 0 aromatic heterocycles. The number of unbranched alkanes of at least 4 members (excludes halogenated alkanes) is 26. The molecule has 2 unspecified atom stereocenters. The predicted molar refractivity (Wildman–Crippen MR) is 248 cm³/mol. The smallest absolute Gasteiger partial charge is 0.220 e. The Hall–Kier alpha value is -2.17. The third-order valence-electron chi connectivity index (χ3n) is 10.7. The summed E-state index contributed by atoms with van der Waals surface area (Å²) in [5, 5.41) is 23.1. The molecule has 0 fully saturated rings. The van der Waals surface area contributed by atoms with Crippen LogP contribution in [0.2, 0.25) is 0 Å². The molecule has 0 aliphatic carbocycles.